The predicted molar refractivity (Wildman–Crippen MR) is 122 cm³/mol. The number of anilines is 3. The van der Waals surface area contributed by atoms with Gasteiger partial charge in [-0.05, 0) is 38.4 Å². The van der Waals surface area contributed by atoms with Crippen LogP contribution in [0.2, 0.25) is 5.02 Å². The lowest BCUT2D eigenvalue weighted by atomic mass is 10.1. The summed E-state index contributed by atoms with van der Waals surface area (Å²) in [5.41, 5.74) is 0.482. The molecule has 1 heterocycles. The molecular formula is C22H21ClF3N5O2. The predicted octanol–water partition coefficient (Wildman–Crippen LogP) is 4.87. The number of halogens is 4. The number of hydrogen-bond donors (Lipinski definition) is 2. The SMILES string of the molecule is CN(C)C/C=C/C(=O)Nc1ccc2ncnc(Nc3cccc(Cl)c3F)c2c1OCC(F)F. The van der Waals surface area contributed by atoms with Crippen molar-refractivity contribution < 1.29 is 22.7 Å². The monoisotopic (exact) mass is 479 g/mol. The third-order valence-corrected chi connectivity index (χ3v) is 4.60. The number of carbonyl (C=O) groups is 1. The highest BCUT2D eigenvalue weighted by atomic mass is 35.5. The summed E-state index contributed by atoms with van der Waals surface area (Å²) in [7, 11) is 3.69. The molecule has 0 aliphatic rings. The fraction of sp³-hybridized carbons (Fsp3) is 0.227. The smallest absolute Gasteiger partial charge is 0.272 e. The largest absolute Gasteiger partial charge is 0.485 e. The van der Waals surface area contributed by atoms with E-state index in [1.165, 1.54) is 36.7 Å². The maximum Gasteiger partial charge on any atom is 0.272 e. The number of ether oxygens (including phenoxy) is 1. The number of fused-ring (bicyclic) bond motifs is 1. The van der Waals surface area contributed by atoms with E-state index in [2.05, 4.69) is 20.6 Å². The highest BCUT2D eigenvalue weighted by Crippen LogP contribution is 2.38. The standard InChI is InChI=1S/C22H21ClF3N5O2/c1-31(2)10-4-7-18(32)29-16-9-8-14-19(21(16)33-11-17(24)25)22(28-12-27-14)30-15-6-3-5-13(23)20(15)26/h3-9,12,17H,10-11H2,1-2H3,(H,29,32)(H,27,28,30)/b7-4+. The summed E-state index contributed by atoms with van der Waals surface area (Å²) < 4.78 is 45.7. The average molecular weight is 480 g/mol. The van der Waals surface area contributed by atoms with Gasteiger partial charge in [0.25, 0.3) is 6.43 Å². The minimum atomic E-state index is -2.77. The second kappa shape index (κ2) is 11.0. The van der Waals surface area contributed by atoms with Gasteiger partial charge in [-0.1, -0.05) is 23.7 Å². The lowest BCUT2D eigenvalue weighted by Crippen LogP contribution is -2.14. The molecule has 2 N–H and O–H groups in total. The molecule has 1 aromatic heterocycles. The van der Waals surface area contributed by atoms with Crippen molar-refractivity contribution in [1.29, 1.82) is 0 Å². The number of nitrogens with zero attached hydrogens (tertiary/aromatic N) is 3. The van der Waals surface area contributed by atoms with Crippen LogP contribution in [0.5, 0.6) is 5.75 Å². The molecule has 0 atom stereocenters. The van der Waals surface area contributed by atoms with Crippen LogP contribution in [0.15, 0.2) is 48.8 Å². The molecular weight excluding hydrogens is 459 g/mol. The molecule has 0 aliphatic carbocycles. The number of nitrogens with one attached hydrogen (secondary N) is 2. The summed E-state index contributed by atoms with van der Waals surface area (Å²) >= 11 is 5.85. The molecule has 3 aromatic rings. The fourth-order valence-corrected chi connectivity index (χ4v) is 3.06. The minimum absolute atomic E-state index is 0.0170. The molecule has 3 rings (SSSR count). The third kappa shape index (κ3) is 6.33. The molecule has 0 spiro atoms. The molecule has 2 aromatic carbocycles. The molecule has 0 radical (unpaired) electrons. The molecule has 0 aliphatic heterocycles. The first-order valence-electron chi connectivity index (χ1n) is 9.78. The maximum absolute atomic E-state index is 14.4. The summed E-state index contributed by atoms with van der Waals surface area (Å²) in [5.74, 6) is -1.18. The van der Waals surface area contributed by atoms with Crippen LogP contribution in [0.1, 0.15) is 0 Å². The molecule has 0 saturated carbocycles. The number of rotatable bonds is 9. The summed E-state index contributed by atoms with van der Waals surface area (Å²) in [6.07, 6.45) is 1.43. The number of benzene rings is 2. The number of hydrogen-bond acceptors (Lipinski definition) is 6. The summed E-state index contributed by atoms with van der Waals surface area (Å²) in [4.78, 5) is 22.5. The van der Waals surface area contributed by atoms with E-state index in [-0.39, 0.29) is 33.4 Å². The third-order valence-electron chi connectivity index (χ3n) is 4.31. The van der Waals surface area contributed by atoms with E-state index in [4.69, 9.17) is 16.3 Å². The van der Waals surface area contributed by atoms with Gasteiger partial charge >= 0.3 is 0 Å². The van der Waals surface area contributed by atoms with Gasteiger partial charge in [0.1, 0.15) is 18.8 Å². The van der Waals surface area contributed by atoms with Crippen molar-refractivity contribution in [2.75, 3.05) is 37.9 Å². The van der Waals surface area contributed by atoms with Crippen molar-refractivity contribution in [3.8, 4) is 5.75 Å². The second-order valence-electron chi connectivity index (χ2n) is 7.14. The van der Waals surface area contributed by atoms with Crippen molar-refractivity contribution in [2.45, 2.75) is 6.43 Å². The Morgan fingerprint density at radius 2 is 2.00 bits per heavy atom. The first-order chi connectivity index (χ1) is 15.8. The molecule has 0 saturated heterocycles. The lowest BCUT2D eigenvalue weighted by Gasteiger charge is -2.17. The van der Waals surface area contributed by atoms with Crippen molar-refractivity contribution in [3.05, 3.63) is 59.7 Å². The topological polar surface area (TPSA) is 79.4 Å². The Balaban J connectivity index is 2.05. The van der Waals surface area contributed by atoms with Crippen LogP contribution in [0.25, 0.3) is 10.9 Å². The Hall–Kier alpha value is -3.37. The van der Waals surface area contributed by atoms with Crippen LogP contribution < -0.4 is 15.4 Å². The van der Waals surface area contributed by atoms with Crippen LogP contribution in [0.4, 0.5) is 30.4 Å². The van der Waals surface area contributed by atoms with Crippen LogP contribution >= 0.6 is 11.6 Å². The zero-order valence-corrected chi connectivity index (χ0v) is 18.5. The van der Waals surface area contributed by atoms with Gasteiger partial charge in [-0.3, -0.25) is 4.79 Å². The molecule has 7 nitrogen and oxygen atoms in total. The minimum Gasteiger partial charge on any atom is -0.485 e. The Bertz CT molecular complexity index is 1170. The highest BCUT2D eigenvalue weighted by molar-refractivity contribution is 6.31. The van der Waals surface area contributed by atoms with Crippen LogP contribution in [-0.2, 0) is 4.79 Å². The maximum atomic E-state index is 14.4. The van der Waals surface area contributed by atoms with Gasteiger partial charge in [0.2, 0.25) is 5.91 Å². The number of alkyl halides is 2. The Kier molecular flexibility index (Phi) is 8.07. The van der Waals surface area contributed by atoms with Crippen LogP contribution in [-0.4, -0.2) is 54.4 Å². The van der Waals surface area contributed by atoms with Gasteiger partial charge in [0.05, 0.1) is 27.3 Å². The molecule has 11 heteroatoms. The quantitative estimate of drug-likeness (QED) is 0.426. The second-order valence-corrected chi connectivity index (χ2v) is 7.55. The molecule has 33 heavy (non-hydrogen) atoms. The number of amides is 1. The summed E-state index contributed by atoms with van der Waals surface area (Å²) in [6, 6.07) is 7.41. The first kappa shape index (κ1) is 24.3. The van der Waals surface area contributed by atoms with Gasteiger partial charge in [-0.25, -0.2) is 23.1 Å². The van der Waals surface area contributed by atoms with Gasteiger partial charge in [-0.15, -0.1) is 0 Å². The van der Waals surface area contributed by atoms with Crippen molar-refractivity contribution in [1.82, 2.24) is 14.9 Å². The van der Waals surface area contributed by atoms with Gasteiger partial charge in [0.15, 0.2) is 11.6 Å². The van der Waals surface area contributed by atoms with E-state index >= 15 is 0 Å². The van der Waals surface area contributed by atoms with E-state index in [1.54, 1.807) is 12.1 Å². The zero-order valence-electron chi connectivity index (χ0n) is 17.8. The Morgan fingerprint density at radius 3 is 2.73 bits per heavy atom. The molecule has 0 bridgehead atoms. The van der Waals surface area contributed by atoms with Crippen molar-refractivity contribution in [3.63, 3.8) is 0 Å². The summed E-state index contributed by atoms with van der Waals surface area (Å²) in [5, 5.41) is 5.50. The zero-order chi connectivity index (χ0) is 24.0. The molecule has 174 valence electrons. The Labute approximate surface area is 193 Å². The summed E-state index contributed by atoms with van der Waals surface area (Å²) in [6.45, 7) is -0.398. The fourth-order valence-electron chi connectivity index (χ4n) is 2.88. The van der Waals surface area contributed by atoms with E-state index in [1.807, 2.05) is 19.0 Å². The Morgan fingerprint density at radius 1 is 1.21 bits per heavy atom. The van der Waals surface area contributed by atoms with E-state index < -0.39 is 24.8 Å². The molecule has 0 fully saturated rings. The van der Waals surface area contributed by atoms with E-state index in [0.29, 0.717) is 12.1 Å². The van der Waals surface area contributed by atoms with E-state index in [9.17, 15) is 18.0 Å². The molecule has 0 unspecified atom stereocenters. The van der Waals surface area contributed by atoms with Gasteiger partial charge in [0, 0.05) is 12.6 Å². The van der Waals surface area contributed by atoms with Crippen LogP contribution in [0.3, 0.4) is 0 Å². The first-order valence-corrected chi connectivity index (χ1v) is 10.2. The lowest BCUT2D eigenvalue weighted by molar-refractivity contribution is -0.111. The van der Waals surface area contributed by atoms with Crippen molar-refractivity contribution >= 4 is 45.6 Å². The highest BCUT2D eigenvalue weighted by Gasteiger charge is 2.19. The number of likely N-dealkylation sites (N-methyl/N-ethyl adjacent to an activating group) is 1. The number of carbonyl (C=O) groups excluding carboxylic acids is 1. The molecule has 1 amide bonds. The van der Waals surface area contributed by atoms with Crippen molar-refractivity contribution in [2.24, 2.45) is 0 Å². The van der Waals surface area contributed by atoms with Gasteiger partial charge in [-0.2, -0.15) is 0 Å². The average Bonchev–Trinajstić information content (AvgIpc) is 2.76. The number of aromatic nitrogens is 2. The van der Waals surface area contributed by atoms with Crippen LogP contribution in [0, 0.1) is 5.82 Å². The van der Waals surface area contributed by atoms with Gasteiger partial charge < -0.3 is 20.3 Å². The van der Waals surface area contributed by atoms with E-state index in [0.717, 1.165) is 0 Å². The normalized spacial score (nSPS) is 11.5.